The van der Waals surface area contributed by atoms with Crippen molar-refractivity contribution < 1.29 is 23.1 Å². The van der Waals surface area contributed by atoms with Crippen LogP contribution in [0.15, 0.2) is 0 Å². The Morgan fingerprint density at radius 3 is 2.57 bits per heavy atom. The Morgan fingerprint density at radius 2 is 2.00 bits per heavy atom. The van der Waals surface area contributed by atoms with Crippen LogP contribution in [0.1, 0.15) is 38.5 Å². The van der Waals surface area contributed by atoms with E-state index in [2.05, 4.69) is 4.72 Å². The van der Waals surface area contributed by atoms with E-state index >= 15 is 0 Å². The number of sulfonamides is 1. The molecule has 0 spiro atoms. The molecule has 0 amide bonds. The highest BCUT2D eigenvalue weighted by Crippen LogP contribution is 2.34. The van der Waals surface area contributed by atoms with E-state index in [0.717, 1.165) is 19.4 Å². The Morgan fingerprint density at radius 1 is 1.26 bits per heavy atom. The molecule has 1 atom stereocenters. The Kier molecular flexibility index (Phi) is 5.25. The number of ether oxygens (including phenoxy) is 1. The fraction of sp³-hybridized carbons (Fsp3) is 0.933. The molecular formula is C15H26N2O5S. The summed E-state index contributed by atoms with van der Waals surface area (Å²) in [5.41, 5.74) is 0. The van der Waals surface area contributed by atoms with Crippen molar-refractivity contribution in [2.75, 3.05) is 25.4 Å². The Balaban J connectivity index is 1.44. The van der Waals surface area contributed by atoms with Gasteiger partial charge in [0.2, 0.25) is 10.0 Å². The third-order valence-electron chi connectivity index (χ3n) is 4.93. The number of nitrogens with zero attached hydrogens (tertiary/aromatic N) is 1. The first-order chi connectivity index (χ1) is 10.9. The maximum atomic E-state index is 12.1. The summed E-state index contributed by atoms with van der Waals surface area (Å²) >= 11 is 0. The van der Waals surface area contributed by atoms with Crippen molar-refractivity contribution in [2.45, 2.75) is 56.7 Å². The SMILES string of the molecule is O=C(O)CN(CC1CC1)C1CC(NS(=O)(=O)CC2CCCO2)C1. The minimum atomic E-state index is -3.32. The average molecular weight is 346 g/mol. The number of carboxylic acid groups (broad SMARTS) is 1. The van der Waals surface area contributed by atoms with Crippen molar-refractivity contribution in [3.63, 3.8) is 0 Å². The van der Waals surface area contributed by atoms with Gasteiger partial charge in [0, 0.05) is 25.2 Å². The summed E-state index contributed by atoms with van der Waals surface area (Å²) in [7, 11) is -3.32. The third-order valence-corrected chi connectivity index (χ3v) is 6.44. The van der Waals surface area contributed by atoms with Gasteiger partial charge in [-0.05, 0) is 44.4 Å². The molecule has 132 valence electrons. The molecule has 1 aliphatic heterocycles. The topological polar surface area (TPSA) is 95.9 Å². The number of aliphatic carboxylic acids is 1. The van der Waals surface area contributed by atoms with Gasteiger partial charge in [-0.3, -0.25) is 9.69 Å². The maximum Gasteiger partial charge on any atom is 0.317 e. The van der Waals surface area contributed by atoms with E-state index in [1.807, 2.05) is 4.90 Å². The minimum absolute atomic E-state index is 0.0368. The molecule has 1 heterocycles. The first kappa shape index (κ1) is 17.1. The molecule has 2 saturated carbocycles. The zero-order valence-electron chi connectivity index (χ0n) is 13.3. The molecule has 1 saturated heterocycles. The Hall–Kier alpha value is -0.700. The first-order valence-electron chi connectivity index (χ1n) is 8.49. The van der Waals surface area contributed by atoms with Crippen LogP contribution in [-0.4, -0.2) is 68.0 Å². The molecule has 0 aromatic carbocycles. The molecule has 0 bridgehead atoms. The largest absolute Gasteiger partial charge is 0.480 e. The van der Waals surface area contributed by atoms with E-state index in [-0.39, 0.29) is 30.5 Å². The van der Waals surface area contributed by atoms with Crippen LogP contribution in [0.4, 0.5) is 0 Å². The van der Waals surface area contributed by atoms with Gasteiger partial charge in [0.15, 0.2) is 0 Å². The van der Waals surface area contributed by atoms with Gasteiger partial charge < -0.3 is 9.84 Å². The standard InChI is InChI=1S/C15H26N2O5S/c18-15(19)9-17(8-11-3-4-11)13-6-12(7-13)16-23(20,21)10-14-2-1-5-22-14/h11-14,16H,1-10H2,(H,18,19). The number of rotatable bonds is 9. The predicted octanol–water partition coefficient (Wildman–Crippen LogP) is 0.412. The normalized spacial score (nSPS) is 31.3. The van der Waals surface area contributed by atoms with Crippen molar-refractivity contribution in [1.82, 2.24) is 9.62 Å². The highest BCUT2D eigenvalue weighted by atomic mass is 32.2. The molecule has 7 nitrogen and oxygen atoms in total. The minimum Gasteiger partial charge on any atom is -0.480 e. The van der Waals surface area contributed by atoms with Gasteiger partial charge in [0.05, 0.1) is 18.4 Å². The second-order valence-electron chi connectivity index (χ2n) is 7.12. The summed E-state index contributed by atoms with van der Waals surface area (Å²) < 4.78 is 32.4. The number of hydrogen-bond donors (Lipinski definition) is 2. The highest BCUT2D eigenvalue weighted by molar-refractivity contribution is 7.89. The fourth-order valence-corrected chi connectivity index (χ4v) is 5.00. The van der Waals surface area contributed by atoms with E-state index in [0.29, 0.717) is 25.4 Å². The molecule has 3 fully saturated rings. The molecule has 1 unspecified atom stereocenters. The van der Waals surface area contributed by atoms with Gasteiger partial charge in [-0.15, -0.1) is 0 Å². The zero-order chi connectivity index (χ0) is 16.4. The van der Waals surface area contributed by atoms with Gasteiger partial charge in [0.25, 0.3) is 0 Å². The van der Waals surface area contributed by atoms with Crippen molar-refractivity contribution >= 4 is 16.0 Å². The summed E-state index contributed by atoms with van der Waals surface area (Å²) in [6.07, 6.45) is 5.32. The third kappa shape index (κ3) is 5.14. The van der Waals surface area contributed by atoms with Crippen LogP contribution in [-0.2, 0) is 19.6 Å². The van der Waals surface area contributed by atoms with E-state index in [4.69, 9.17) is 9.84 Å². The molecule has 23 heavy (non-hydrogen) atoms. The lowest BCUT2D eigenvalue weighted by Gasteiger charge is -2.42. The Labute approximate surface area is 137 Å². The number of nitrogens with one attached hydrogen (secondary N) is 1. The lowest BCUT2D eigenvalue weighted by atomic mass is 9.86. The van der Waals surface area contributed by atoms with Gasteiger partial charge >= 0.3 is 5.97 Å². The van der Waals surface area contributed by atoms with E-state index < -0.39 is 16.0 Å². The first-order valence-corrected chi connectivity index (χ1v) is 10.1. The molecule has 2 aliphatic carbocycles. The van der Waals surface area contributed by atoms with Crippen LogP contribution in [0.25, 0.3) is 0 Å². The predicted molar refractivity (Wildman–Crippen MR) is 84.6 cm³/mol. The number of hydrogen-bond acceptors (Lipinski definition) is 5. The van der Waals surface area contributed by atoms with Gasteiger partial charge in [-0.1, -0.05) is 0 Å². The molecular weight excluding hydrogens is 320 g/mol. The van der Waals surface area contributed by atoms with Gasteiger partial charge in [-0.2, -0.15) is 0 Å². The van der Waals surface area contributed by atoms with Crippen LogP contribution >= 0.6 is 0 Å². The van der Waals surface area contributed by atoms with Gasteiger partial charge in [0.1, 0.15) is 0 Å². The van der Waals surface area contributed by atoms with Crippen LogP contribution in [0.3, 0.4) is 0 Å². The van der Waals surface area contributed by atoms with Crippen molar-refractivity contribution in [1.29, 1.82) is 0 Å². The smallest absolute Gasteiger partial charge is 0.317 e. The van der Waals surface area contributed by atoms with Crippen LogP contribution in [0.2, 0.25) is 0 Å². The number of carboxylic acids is 1. The van der Waals surface area contributed by atoms with Crippen LogP contribution in [0.5, 0.6) is 0 Å². The summed E-state index contributed by atoms with van der Waals surface area (Å²) in [4.78, 5) is 13.0. The quantitative estimate of drug-likeness (QED) is 0.628. The van der Waals surface area contributed by atoms with Crippen molar-refractivity contribution in [2.24, 2.45) is 5.92 Å². The van der Waals surface area contributed by atoms with E-state index in [1.54, 1.807) is 0 Å². The van der Waals surface area contributed by atoms with E-state index in [9.17, 15) is 13.2 Å². The summed E-state index contributed by atoms with van der Waals surface area (Å²) in [6.45, 7) is 1.53. The lowest BCUT2D eigenvalue weighted by Crippen LogP contribution is -2.55. The fourth-order valence-electron chi connectivity index (χ4n) is 3.45. The van der Waals surface area contributed by atoms with E-state index in [1.165, 1.54) is 12.8 Å². The molecule has 2 N–H and O–H groups in total. The lowest BCUT2D eigenvalue weighted by molar-refractivity contribution is -0.139. The molecule has 0 aromatic heterocycles. The second-order valence-corrected chi connectivity index (χ2v) is 8.92. The zero-order valence-corrected chi connectivity index (χ0v) is 14.1. The van der Waals surface area contributed by atoms with Crippen molar-refractivity contribution in [3.8, 4) is 0 Å². The highest BCUT2D eigenvalue weighted by Gasteiger charge is 2.39. The molecule has 3 aliphatic rings. The molecule has 0 aromatic rings. The van der Waals surface area contributed by atoms with Gasteiger partial charge in [-0.25, -0.2) is 13.1 Å². The molecule has 8 heteroatoms. The Bertz CT molecular complexity index is 522. The van der Waals surface area contributed by atoms with Crippen LogP contribution in [0, 0.1) is 5.92 Å². The summed E-state index contributed by atoms with van der Waals surface area (Å²) in [5, 5.41) is 9.03. The summed E-state index contributed by atoms with van der Waals surface area (Å²) in [6, 6.07) is 0.115. The number of carbonyl (C=O) groups is 1. The van der Waals surface area contributed by atoms with Crippen LogP contribution < -0.4 is 4.72 Å². The summed E-state index contributed by atoms with van der Waals surface area (Å²) in [5.74, 6) is -0.146. The second kappa shape index (κ2) is 7.04. The average Bonchev–Trinajstić information content (AvgIpc) is 3.07. The van der Waals surface area contributed by atoms with Crippen molar-refractivity contribution in [3.05, 3.63) is 0 Å². The monoisotopic (exact) mass is 346 g/mol. The molecule has 0 radical (unpaired) electrons. The molecule has 3 rings (SSSR count). The maximum absolute atomic E-state index is 12.1.